The smallest absolute Gasteiger partial charge is 0.269 e. The molecule has 0 aliphatic heterocycles. The molecule has 2 aromatic rings. The molecule has 0 saturated heterocycles. The molecule has 0 aliphatic carbocycles. The van der Waals surface area contributed by atoms with Crippen LogP contribution in [0.3, 0.4) is 0 Å². The Morgan fingerprint density at radius 3 is 2.62 bits per heavy atom. The number of benzene rings is 1. The lowest BCUT2D eigenvalue weighted by atomic mass is 10.3. The number of nitro groups is 1. The fraction of sp³-hybridized carbons (Fsp3) is 0.231. The molecule has 1 aromatic heterocycles. The summed E-state index contributed by atoms with van der Waals surface area (Å²) in [7, 11) is 0. The molecule has 0 N–H and O–H groups in total. The second-order valence-electron chi connectivity index (χ2n) is 3.94. The monoisotopic (exact) mass is 309 g/mol. The number of halogens is 1. The maximum atomic E-state index is 10.6. The van der Waals surface area contributed by atoms with Crippen LogP contribution in [0.1, 0.15) is 12.7 Å². The Labute approximate surface area is 125 Å². The molecule has 0 atom stereocenters. The number of nitrogens with zero attached hydrogens (tertiary/aromatic N) is 3. The van der Waals surface area contributed by atoms with E-state index in [1.54, 1.807) is 0 Å². The van der Waals surface area contributed by atoms with E-state index in [9.17, 15) is 10.1 Å². The van der Waals surface area contributed by atoms with Gasteiger partial charge in [0.1, 0.15) is 17.5 Å². The van der Waals surface area contributed by atoms with Crippen LogP contribution in [0.4, 0.5) is 5.69 Å². The van der Waals surface area contributed by atoms with Crippen LogP contribution in [0.5, 0.6) is 11.6 Å². The average Bonchev–Trinajstić information content (AvgIpc) is 2.45. The van der Waals surface area contributed by atoms with Crippen molar-refractivity contribution in [1.82, 2.24) is 9.97 Å². The first kappa shape index (κ1) is 15.1. The molecule has 0 fully saturated rings. The minimum absolute atomic E-state index is 0.0138. The van der Waals surface area contributed by atoms with Gasteiger partial charge in [-0.2, -0.15) is 4.98 Å². The van der Waals surface area contributed by atoms with Crippen molar-refractivity contribution in [2.75, 3.05) is 6.61 Å². The summed E-state index contributed by atoms with van der Waals surface area (Å²) in [6.07, 6.45) is 0. The van der Waals surface area contributed by atoms with Gasteiger partial charge in [0.05, 0.1) is 4.92 Å². The highest BCUT2D eigenvalue weighted by Crippen LogP contribution is 2.24. The zero-order valence-corrected chi connectivity index (χ0v) is 11.9. The maximum absolute atomic E-state index is 10.6. The zero-order chi connectivity index (χ0) is 15.2. The zero-order valence-electron chi connectivity index (χ0n) is 11.2. The Balaban J connectivity index is 2.14. The summed E-state index contributed by atoms with van der Waals surface area (Å²) in [5.74, 6) is 1.07. The van der Waals surface area contributed by atoms with E-state index in [0.29, 0.717) is 18.2 Å². The molecule has 1 aromatic carbocycles. The van der Waals surface area contributed by atoms with Gasteiger partial charge in [0, 0.05) is 24.8 Å². The van der Waals surface area contributed by atoms with E-state index in [1.807, 2.05) is 6.92 Å². The molecule has 110 valence electrons. The molecule has 0 unspecified atom stereocenters. The summed E-state index contributed by atoms with van der Waals surface area (Å²) >= 11 is 5.89. The molecule has 0 saturated carbocycles. The summed E-state index contributed by atoms with van der Waals surface area (Å²) in [5, 5.41) is 10.8. The highest BCUT2D eigenvalue weighted by Gasteiger charge is 2.08. The lowest BCUT2D eigenvalue weighted by Gasteiger charge is -2.07. The third-order valence-electron chi connectivity index (χ3n) is 2.42. The summed E-state index contributed by atoms with van der Waals surface area (Å²) in [5.41, 5.74) is -0.0138. The first-order valence-electron chi connectivity index (χ1n) is 6.12. The van der Waals surface area contributed by atoms with Crippen LogP contribution in [0.25, 0.3) is 0 Å². The third kappa shape index (κ3) is 4.37. The van der Waals surface area contributed by atoms with Crippen molar-refractivity contribution >= 4 is 17.3 Å². The molecule has 2 rings (SSSR count). The first-order valence-corrected chi connectivity index (χ1v) is 6.50. The third-order valence-corrected chi connectivity index (χ3v) is 2.62. The van der Waals surface area contributed by atoms with Crippen LogP contribution >= 0.6 is 11.6 Å². The number of rotatable bonds is 6. The minimum Gasteiger partial charge on any atom is -0.439 e. The Morgan fingerprint density at radius 1 is 1.29 bits per heavy atom. The van der Waals surface area contributed by atoms with Crippen molar-refractivity contribution in [1.29, 1.82) is 0 Å². The van der Waals surface area contributed by atoms with Gasteiger partial charge in [-0.25, -0.2) is 4.98 Å². The van der Waals surface area contributed by atoms with Gasteiger partial charge < -0.3 is 9.47 Å². The Bertz CT molecular complexity index is 634. The van der Waals surface area contributed by atoms with Crippen molar-refractivity contribution in [3.8, 4) is 11.6 Å². The quantitative estimate of drug-likeness (QED) is 0.462. The van der Waals surface area contributed by atoms with E-state index in [1.165, 1.54) is 30.3 Å². The summed E-state index contributed by atoms with van der Waals surface area (Å²) in [6.45, 7) is 2.63. The lowest BCUT2D eigenvalue weighted by Crippen LogP contribution is -2.01. The van der Waals surface area contributed by atoms with Crippen LogP contribution < -0.4 is 4.74 Å². The molecule has 0 spiro atoms. The molecule has 0 radical (unpaired) electrons. The molecule has 0 aliphatic rings. The number of hydrogen-bond donors (Lipinski definition) is 0. The topological polar surface area (TPSA) is 87.4 Å². The summed E-state index contributed by atoms with van der Waals surface area (Å²) in [6, 6.07) is 7.11. The second-order valence-corrected chi connectivity index (χ2v) is 4.32. The van der Waals surface area contributed by atoms with Gasteiger partial charge in [0.15, 0.2) is 5.82 Å². The average molecular weight is 310 g/mol. The predicted molar refractivity (Wildman–Crippen MR) is 75.5 cm³/mol. The summed E-state index contributed by atoms with van der Waals surface area (Å²) < 4.78 is 10.7. The van der Waals surface area contributed by atoms with Crippen molar-refractivity contribution in [3.05, 3.63) is 51.4 Å². The molecule has 21 heavy (non-hydrogen) atoms. The van der Waals surface area contributed by atoms with Crippen molar-refractivity contribution in [3.63, 3.8) is 0 Å². The SMILES string of the molecule is CCOCc1nc(Cl)cc(Oc2ccc([N+](=O)[O-])cc2)n1. The van der Waals surface area contributed by atoms with E-state index >= 15 is 0 Å². The molecular weight excluding hydrogens is 298 g/mol. The fourth-order valence-corrected chi connectivity index (χ4v) is 1.70. The molecule has 0 bridgehead atoms. The second kappa shape index (κ2) is 6.96. The van der Waals surface area contributed by atoms with Gasteiger partial charge in [-0.05, 0) is 19.1 Å². The standard InChI is InChI=1S/C13H12ClN3O4/c1-2-20-8-12-15-11(14)7-13(16-12)21-10-5-3-9(4-6-10)17(18)19/h3-7H,2,8H2,1H3. The van der Waals surface area contributed by atoms with Gasteiger partial charge in [0.2, 0.25) is 5.88 Å². The maximum Gasteiger partial charge on any atom is 0.269 e. The van der Waals surface area contributed by atoms with Crippen LogP contribution in [0.2, 0.25) is 5.15 Å². The molecule has 8 heteroatoms. The Hall–Kier alpha value is -2.25. The highest BCUT2D eigenvalue weighted by molar-refractivity contribution is 6.29. The highest BCUT2D eigenvalue weighted by atomic mass is 35.5. The van der Waals surface area contributed by atoms with E-state index < -0.39 is 4.92 Å². The normalized spacial score (nSPS) is 10.4. The van der Waals surface area contributed by atoms with Crippen LogP contribution in [-0.2, 0) is 11.3 Å². The number of aromatic nitrogens is 2. The summed E-state index contributed by atoms with van der Waals surface area (Å²) in [4.78, 5) is 18.2. The molecular formula is C13H12ClN3O4. The van der Waals surface area contributed by atoms with Gasteiger partial charge in [-0.3, -0.25) is 10.1 Å². The van der Waals surface area contributed by atoms with Gasteiger partial charge in [-0.15, -0.1) is 0 Å². The van der Waals surface area contributed by atoms with Gasteiger partial charge >= 0.3 is 0 Å². The van der Waals surface area contributed by atoms with E-state index in [2.05, 4.69) is 9.97 Å². The number of non-ortho nitro benzene ring substituents is 1. The van der Waals surface area contributed by atoms with Crippen molar-refractivity contribution in [2.45, 2.75) is 13.5 Å². The number of nitro benzene ring substituents is 1. The minimum atomic E-state index is -0.481. The van der Waals surface area contributed by atoms with Crippen LogP contribution in [0, 0.1) is 10.1 Å². The van der Waals surface area contributed by atoms with Gasteiger partial charge in [-0.1, -0.05) is 11.6 Å². The van der Waals surface area contributed by atoms with Crippen molar-refractivity contribution < 1.29 is 14.4 Å². The predicted octanol–water partition coefficient (Wildman–Crippen LogP) is 3.37. The molecule has 0 amide bonds. The Kier molecular flexibility index (Phi) is 5.02. The number of ether oxygens (including phenoxy) is 2. The van der Waals surface area contributed by atoms with Gasteiger partial charge in [0.25, 0.3) is 5.69 Å². The largest absolute Gasteiger partial charge is 0.439 e. The molecule has 1 heterocycles. The van der Waals surface area contributed by atoms with Crippen molar-refractivity contribution in [2.24, 2.45) is 0 Å². The number of hydrogen-bond acceptors (Lipinski definition) is 6. The first-order chi connectivity index (χ1) is 10.1. The Morgan fingerprint density at radius 2 is 2.00 bits per heavy atom. The fourth-order valence-electron chi connectivity index (χ4n) is 1.51. The van der Waals surface area contributed by atoms with Crippen LogP contribution in [0.15, 0.2) is 30.3 Å². The molecule has 7 nitrogen and oxygen atoms in total. The van der Waals surface area contributed by atoms with E-state index in [0.717, 1.165) is 0 Å². The van der Waals surface area contributed by atoms with E-state index in [4.69, 9.17) is 21.1 Å². The lowest BCUT2D eigenvalue weighted by molar-refractivity contribution is -0.384. The van der Waals surface area contributed by atoms with Crippen LogP contribution in [-0.4, -0.2) is 21.5 Å². The van der Waals surface area contributed by atoms with E-state index in [-0.39, 0.29) is 23.3 Å².